The van der Waals surface area contributed by atoms with E-state index in [0.29, 0.717) is 12.4 Å². The van der Waals surface area contributed by atoms with E-state index in [-0.39, 0.29) is 5.03 Å². The molecule has 0 unspecified atom stereocenters. The predicted octanol–water partition coefficient (Wildman–Crippen LogP) is 1.54. The molecule has 1 aliphatic heterocycles. The van der Waals surface area contributed by atoms with Gasteiger partial charge in [-0.25, -0.2) is 13.4 Å². The summed E-state index contributed by atoms with van der Waals surface area (Å²) in [5.41, 5.74) is 0.810. The molecular formula is C13H20ClN3O2S. The fourth-order valence-corrected chi connectivity index (χ4v) is 3.44. The molecule has 0 N–H and O–H groups in total. The number of hydrogen-bond acceptors (Lipinski definition) is 4. The summed E-state index contributed by atoms with van der Waals surface area (Å²) in [6, 6.07) is 3.21. The first-order valence-corrected chi connectivity index (χ1v) is 8.71. The quantitative estimate of drug-likeness (QED) is 0.747. The van der Waals surface area contributed by atoms with Crippen molar-refractivity contribution < 1.29 is 8.42 Å². The van der Waals surface area contributed by atoms with E-state index in [4.69, 9.17) is 11.6 Å². The summed E-state index contributed by atoms with van der Waals surface area (Å²) < 4.78 is 26.1. The molecule has 2 heterocycles. The Balaban J connectivity index is 2.00. The van der Waals surface area contributed by atoms with Gasteiger partial charge < -0.3 is 4.90 Å². The van der Waals surface area contributed by atoms with Crippen LogP contribution in [0.5, 0.6) is 0 Å². The van der Waals surface area contributed by atoms with Gasteiger partial charge in [0.1, 0.15) is 0 Å². The van der Waals surface area contributed by atoms with Crippen molar-refractivity contribution in [1.29, 1.82) is 0 Å². The molecule has 1 aliphatic rings. The van der Waals surface area contributed by atoms with Crippen molar-refractivity contribution in [2.45, 2.75) is 23.7 Å². The molecule has 20 heavy (non-hydrogen) atoms. The van der Waals surface area contributed by atoms with E-state index in [1.165, 1.54) is 29.4 Å². The predicted molar refractivity (Wildman–Crippen MR) is 79.3 cm³/mol. The van der Waals surface area contributed by atoms with E-state index < -0.39 is 10.0 Å². The molecule has 0 radical (unpaired) electrons. The summed E-state index contributed by atoms with van der Waals surface area (Å²) in [6.07, 6.45) is 3.92. The van der Waals surface area contributed by atoms with Gasteiger partial charge in [-0.3, -0.25) is 0 Å². The van der Waals surface area contributed by atoms with Crippen molar-refractivity contribution in [2.75, 3.05) is 33.2 Å². The van der Waals surface area contributed by atoms with Gasteiger partial charge in [-0.15, -0.1) is 11.6 Å². The summed E-state index contributed by atoms with van der Waals surface area (Å²) in [5, 5.41) is 0.0790. The van der Waals surface area contributed by atoms with E-state index in [0.717, 1.165) is 25.2 Å². The Morgan fingerprint density at radius 3 is 2.60 bits per heavy atom. The first-order valence-electron chi connectivity index (χ1n) is 6.73. The first-order chi connectivity index (χ1) is 9.54. The lowest BCUT2D eigenvalue weighted by Crippen LogP contribution is -2.35. The Morgan fingerprint density at radius 1 is 1.35 bits per heavy atom. The Morgan fingerprint density at radius 2 is 2.05 bits per heavy atom. The molecule has 0 bridgehead atoms. The first kappa shape index (κ1) is 15.7. The molecule has 5 nitrogen and oxygen atoms in total. The van der Waals surface area contributed by atoms with Gasteiger partial charge in [0, 0.05) is 32.2 Å². The zero-order chi connectivity index (χ0) is 14.6. The van der Waals surface area contributed by atoms with Crippen molar-refractivity contribution >= 4 is 21.6 Å². The number of pyridine rings is 1. The number of sulfonamides is 1. The molecule has 1 fully saturated rings. The highest BCUT2D eigenvalue weighted by Crippen LogP contribution is 2.14. The van der Waals surface area contributed by atoms with E-state index >= 15 is 0 Å². The lowest BCUT2D eigenvalue weighted by molar-refractivity contribution is 0.309. The molecule has 1 aromatic rings. The third kappa shape index (κ3) is 3.69. The lowest BCUT2D eigenvalue weighted by atomic mass is 10.3. The van der Waals surface area contributed by atoms with Gasteiger partial charge in [-0.05, 0) is 37.6 Å². The number of hydrogen-bond donors (Lipinski definition) is 0. The molecule has 0 aromatic carbocycles. The van der Waals surface area contributed by atoms with Gasteiger partial charge in [0.25, 0.3) is 10.0 Å². The van der Waals surface area contributed by atoms with Crippen LogP contribution in [-0.2, 0) is 15.9 Å². The lowest BCUT2D eigenvalue weighted by Gasteiger charge is -2.20. The van der Waals surface area contributed by atoms with Crippen LogP contribution in [0.3, 0.4) is 0 Å². The third-order valence-electron chi connectivity index (χ3n) is 3.56. The van der Waals surface area contributed by atoms with Crippen LogP contribution >= 0.6 is 11.6 Å². The molecule has 2 rings (SSSR count). The van der Waals surface area contributed by atoms with Crippen molar-refractivity contribution in [1.82, 2.24) is 14.2 Å². The van der Waals surface area contributed by atoms with Gasteiger partial charge in [0.05, 0.1) is 0 Å². The Hall–Kier alpha value is -0.690. The molecular weight excluding hydrogens is 298 g/mol. The minimum atomic E-state index is -3.50. The largest absolute Gasteiger partial charge is 0.302 e. The molecule has 0 atom stereocenters. The summed E-state index contributed by atoms with van der Waals surface area (Å²) >= 11 is 5.67. The van der Waals surface area contributed by atoms with Gasteiger partial charge in [0.2, 0.25) is 0 Å². The maximum absolute atomic E-state index is 12.3. The number of rotatable bonds is 6. The smallest absolute Gasteiger partial charge is 0.260 e. The number of halogens is 1. The van der Waals surface area contributed by atoms with Crippen LogP contribution in [0.25, 0.3) is 0 Å². The Labute approximate surface area is 125 Å². The monoisotopic (exact) mass is 317 g/mol. The van der Waals surface area contributed by atoms with Crippen LogP contribution in [0.1, 0.15) is 18.4 Å². The topological polar surface area (TPSA) is 53.5 Å². The molecule has 0 spiro atoms. The van der Waals surface area contributed by atoms with E-state index in [9.17, 15) is 8.42 Å². The molecule has 0 saturated carbocycles. The van der Waals surface area contributed by atoms with Gasteiger partial charge in [-0.1, -0.05) is 6.07 Å². The Kier molecular flexibility index (Phi) is 5.37. The van der Waals surface area contributed by atoms with Crippen molar-refractivity contribution in [3.63, 3.8) is 0 Å². The number of likely N-dealkylation sites (N-methyl/N-ethyl adjacent to an activating group) is 1. The fourth-order valence-electron chi connectivity index (χ4n) is 2.21. The fraction of sp³-hybridized carbons (Fsp3) is 0.615. The van der Waals surface area contributed by atoms with E-state index in [1.807, 2.05) is 0 Å². The number of alkyl halides is 1. The van der Waals surface area contributed by atoms with Gasteiger partial charge in [0.15, 0.2) is 5.03 Å². The minimum Gasteiger partial charge on any atom is -0.302 e. The molecule has 7 heteroatoms. The van der Waals surface area contributed by atoms with Crippen LogP contribution in [0.2, 0.25) is 0 Å². The number of aromatic nitrogens is 1. The second-order valence-electron chi connectivity index (χ2n) is 5.01. The average molecular weight is 318 g/mol. The molecule has 1 aromatic heterocycles. The highest BCUT2D eigenvalue weighted by atomic mass is 35.5. The standard InChI is InChI=1S/C13H20ClN3O2S/c1-16(8-9-17-6-2-3-7-17)20(18,19)13-5-4-12(10-14)11-15-13/h4-5,11H,2-3,6-10H2,1H3. The van der Waals surface area contributed by atoms with Gasteiger partial charge in [-0.2, -0.15) is 4.31 Å². The van der Waals surface area contributed by atoms with Crippen molar-refractivity contribution in [3.05, 3.63) is 23.9 Å². The Bertz CT molecular complexity index is 527. The maximum Gasteiger partial charge on any atom is 0.260 e. The van der Waals surface area contributed by atoms with Crippen molar-refractivity contribution in [2.24, 2.45) is 0 Å². The summed E-state index contributed by atoms with van der Waals surface area (Å²) in [4.78, 5) is 6.28. The normalized spacial score (nSPS) is 16.9. The number of likely N-dealkylation sites (tertiary alicyclic amines) is 1. The highest BCUT2D eigenvalue weighted by Gasteiger charge is 2.23. The third-order valence-corrected chi connectivity index (χ3v) is 5.64. The van der Waals surface area contributed by atoms with E-state index in [2.05, 4.69) is 9.88 Å². The van der Waals surface area contributed by atoms with Gasteiger partial charge >= 0.3 is 0 Å². The number of nitrogens with zero attached hydrogens (tertiary/aromatic N) is 3. The molecule has 0 aliphatic carbocycles. The zero-order valence-corrected chi connectivity index (χ0v) is 13.2. The molecule has 112 valence electrons. The maximum atomic E-state index is 12.3. The molecule has 0 amide bonds. The van der Waals surface area contributed by atoms with Crippen LogP contribution in [0.4, 0.5) is 0 Å². The zero-order valence-electron chi connectivity index (χ0n) is 11.6. The highest BCUT2D eigenvalue weighted by molar-refractivity contribution is 7.89. The summed E-state index contributed by atoms with van der Waals surface area (Å²) in [5.74, 6) is 0.331. The van der Waals surface area contributed by atoms with Crippen LogP contribution in [0, 0.1) is 0 Å². The second-order valence-corrected chi connectivity index (χ2v) is 7.27. The average Bonchev–Trinajstić information content (AvgIpc) is 2.98. The summed E-state index contributed by atoms with van der Waals surface area (Å²) in [6.45, 7) is 3.39. The van der Waals surface area contributed by atoms with Crippen molar-refractivity contribution in [3.8, 4) is 0 Å². The summed E-state index contributed by atoms with van der Waals surface area (Å²) in [7, 11) is -1.90. The van der Waals surface area contributed by atoms with Crippen LogP contribution in [-0.4, -0.2) is 55.8 Å². The SMILES string of the molecule is CN(CCN1CCCC1)S(=O)(=O)c1ccc(CCl)cn1. The van der Waals surface area contributed by atoms with E-state index in [1.54, 1.807) is 13.1 Å². The minimum absolute atomic E-state index is 0.0790. The van der Waals surface area contributed by atoms with Crippen LogP contribution < -0.4 is 0 Å². The molecule has 1 saturated heterocycles. The second kappa shape index (κ2) is 6.85. The van der Waals surface area contributed by atoms with Crippen LogP contribution in [0.15, 0.2) is 23.4 Å².